The second-order valence-corrected chi connectivity index (χ2v) is 5.55. The third-order valence-corrected chi connectivity index (χ3v) is 2.61. The van der Waals surface area contributed by atoms with Crippen LogP contribution in [0.4, 0.5) is 4.79 Å². The van der Waals surface area contributed by atoms with Crippen LogP contribution in [0.1, 0.15) is 26.3 Å². The van der Waals surface area contributed by atoms with Crippen LogP contribution in [0.2, 0.25) is 0 Å². The molecule has 0 unspecified atom stereocenters. The first-order valence-electron chi connectivity index (χ1n) is 6.42. The highest BCUT2D eigenvalue weighted by molar-refractivity contribution is 5.93. The number of hydrogen-bond acceptors (Lipinski definition) is 3. The first kappa shape index (κ1) is 14.7. The topological polar surface area (TPSA) is 74.3 Å². The van der Waals surface area contributed by atoms with E-state index in [2.05, 4.69) is 11.8 Å². The molecule has 0 fully saturated rings. The Labute approximate surface area is 122 Å². The van der Waals surface area contributed by atoms with Crippen LogP contribution in [0.3, 0.4) is 0 Å². The summed E-state index contributed by atoms with van der Waals surface area (Å²) in [5.74, 6) is 4.26. The van der Waals surface area contributed by atoms with Gasteiger partial charge in [0.25, 0.3) is 5.91 Å². The Morgan fingerprint density at radius 2 is 1.95 bits per heavy atom. The number of nitrogens with zero attached hydrogens (tertiary/aromatic N) is 1. The summed E-state index contributed by atoms with van der Waals surface area (Å²) in [6.45, 7) is 5.44. The quantitative estimate of drug-likeness (QED) is 0.754. The van der Waals surface area contributed by atoms with Gasteiger partial charge in [0.15, 0.2) is 0 Å². The predicted molar refractivity (Wildman–Crippen MR) is 79.6 cm³/mol. The van der Waals surface area contributed by atoms with Gasteiger partial charge in [0.2, 0.25) is 0 Å². The number of carbonyl (C=O) groups is 2. The summed E-state index contributed by atoms with van der Waals surface area (Å²) in [6.07, 6.45) is 1.21. The van der Waals surface area contributed by atoms with Crippen LogP contribution in [0.5, 0.6) is 0 Å². The third kappa shape index (κ3) is 3.63. The van der Waals surface area contributed by atoms with E-state index in [1.807, 2.05) is 20.8 Å². The van der Waals surface area contributed by atoms with Gasteiger partial charge in [-0.25, -0.2) is 4.79 Å². The second-order valence-electron chi connectivity index (χ2n) is 5.55. The Morgan fingerprint density at radius 1 is 1.24 bits per heavy atom. The van der Waals surface area contributed by atoms with Crippen LogP contribution in [-0.4, -0.2) is 22.2 Å². The zero-order valence-electron chi connectivity index (χ0n) is 12.1. The molecule has 2 rings (SSSR count). The fourth-order valence-corrected chi connectivity index (χ4v) is 1.82. The maximum Gasteiger partial charge on any atom is 0.418 e. The Morgan fingerprint density at radius 3 is 2.57 bits per heavy atom. The van der Waals surface area contributed by atoms with Gasteiger partial charge >= 0.3 is 6.09 Å². The summed E-state index contributed by atoms with van der Waals surface area (Å²) in [7, 11) is 0. The molecule has 0 aliphatic heterocycles. The van der Waals surface area contributed by atoms with Gasteiger partial charge < -0.3 is 10.5 Å². The first-order chi connectivity index (χ1) is 9.76. The molecule has 1 amide bonds. The van der Waals surface area contributed by atoms with Gasteiger partial charge in [0.05, 0.1) is 5.52 Å². The molecule has 5 heteroatoms. The molecule has 2 aromatic rings. The Bertz CT molecular complexity index is 770. The van der Waals surface area contributed by atoms with Crippen molar-refractivity contribution in [1.82, 2.24) is 4.57 Å². The van der Waals surface area contributed by atoms with E-state index in [1.165, 1.54) is 4.57 Å². The maximum absolute atomic E-state index is 12.1. The molecular formula is C16H16N2O3. The molecule has 0 aliphatic carbocycles. The van der Waals surface area contributed by atoms with Gasteiger partial charge in [-0.3, -0.25) is 9.36 Å². The van der Waals surface area contributed by atoms with Crippen molar-refractivity contribution < 1.29 is 14.3 Å². The smallest absolute Gasteiger partial charge is 0.418 e. The predicted octanol–water partition coefficient (Wildman–Crippen LogP) is 2.26. The van der Waals surface area contributed by atoms with Gasteiger partial charge in [0, 0.05) is 17.1 Å². The molecule has 2 N–H and O–H groups in total. The van der Waals surface area contributed by atoms with Crippen molar-refractivity contribution in [2.75, 3.05) is 0 Å². The fraction of sp³-hybridized carbons (Fsp3) is 0.250. The lowest BCUT2D eigenvalue weighted by atomic mass is 10.1. The molecule has 1 heterocycles. The average Bonchev–Trinajstić information content (AvgIpc) is 2.77. The van der Waals surface area contributed by atoms with Crippen molar-refractivity contribution in [3.63, 3.8) is 0 Å². The monoisotopic (exact) mass is 284 g/mol. The number of ether oxygens (including phenoxy) is 1. The van der Waals surface area contributed by atoms with Gasteiger partial charge in [0.1, 0.15) is 5.60 Å². The second kappa shape index (κ2) is 5.33. The van der Waals surface area contributed by atoms with Crippen molar-refractivity contribution in [3.05, 3.63) is 36.0 Å². The number of rotatable bonds is 0. The summed E-state index contributed by atoms with van der Waals surface area (Å²) in [5.41, 5.74) is 5.80. The standard InChI is InChI=1S/C16H16N2O3/c1-16(2,3)21-15(20)18-9-8-12-10-11(4-6-13(12)18)5-7-14(17)19/h4,6,8-10H,1-3H3,(H2,17,19). The van der Waals surface area contributed by atoms with E-state index >= 15 is 0 Å². The highest BCUT2D eigenvalue weighted by Gasteiger charge is 2.18. The van der Waals surface area contributed by atoms with Crippen LogP contribution in [-0.2, 0) is 9.53 Å². The first-order valence-corrected chi connectivity index (χ1v) is 6.42. The molecule has 0 atom stereocenters. The minimum Gasteiger partial charge on any atom is -0.443 e. The molecule has 0 spiro atoms. The van der Waals surface area contributed by atoms with Crippen molar-refractivity contribution in [1.29, 1.82) is 0 Å². The SMILES string of the molecule is CC(C)(C)OC(=O)n1ccc2cc(C#CC(N)=O)ccc21. The summed E-state index contributed by atoms with van der Waals surface area (Å²) >= 11 is 0. The molecule has 1 aromatic heterocycles. The molecular weight excluding hydrogens is 268 g/mol. The van der Waals surface area contributed by atoms with E-state index in [9.17, 15) is 9.59 Å². The highest BCUT2D eigenvalue weighted by Crippen LogP contribution is 2.19. The molecule has 0 bridgehead atoms. The number of carbonyl (C=O) groups excluding carboxylic acids is 2. The van der Waals surface area contributed by atoms with E-state index in [-0.39, 0.29) is 0 Å². The lowest BCUT2D eigenvalue weighted by Gasteiger charge is -2.19. The van der Waals surface area contributed by atoms with Crippen LogP contribution in [0.25, 0.3) is 10.9 Å². The number of amides is 1. The van der Waals surface area contributed by atoms with Crippen molar-refractivity contribution in [3.8, 4) is 11.8 Å². The zero-order chi connectivity index (χ0) is 15.6. The summed E-state index contributed by atoms with van der Waals surface area (Å²) in [5, 5.41) is 0.831. The van der Waals surface area contributed by atoms with E-state index in [0.717, 1.165) is 5.39 Å². The van der Waals surface area contributed by atoms with Gasteiger partial charge in [-0.15, -0.1) is 0 Å². The molecule has 0 aliphatic rings. The van der Waals surface area contributed by atoms with Gasteiger partial charge in [-0.05, 0) is 51.0 Å². The maximum atomic E-state index is 12.1. The van der Waals surface area contributed by atoms with Crippen LogP contribution < -0.4 is 5.73 Å². The minimum absolute atomic E-state index is 0.437. The number of primary amides is 1. The fourth-order valence-electron chi connectivity index (χ4n) is 1.82. The summed E-state index contributed by atoms with van der Waals surface area (Å²) < 4.78 is 6.77. The lowest BCUT2D eigenvalue weighted by molar-refractivity contribution is -0.112. The Balaban J connectivity index is 2.36. The van der Waals surface area contributed by atoms with E-state index in [4.69, 9.17) is 10.5 Å². The zero-order valence-corrected chi connectivity index (χ0v) is 12.1. The lowest BCUT2D eigenvalue weighted by Crippen LogP contribution is -2.26. The summed E-state index contributed by atoms with van der Waals surface area (Å²) in [4.78, 5) is 22.7. The number of hydrogen-bond donors (Lipinski definition) is 1. The largest absolute Gasteiger partial charge is 0.443 e. The Hall–Kier alpha value is -2.74. The van der Waals surface area contributed by atoms with Crippen LogP contribution in [0.15, 0.2) is 30.5 Å². The van der Waals surface area contributed by atoms with Gasteiger partial charge in [-0.1, -0.05) is 5.92 Å². The molecule has 0 saturated heterocycles. The highest BCUT2D eigenvalue weighted by atomic mass is 16.6. The number of benzene rings is 1. The molecule has 21 heavy (non-hydrogen) atoms. The van der Waals surface area contributed by atoms with E-state index in [1.54, 1.807) is 30.5 Å². The van der Waals surface area contributed by atoms with Crippen molar-refractivity contribution in [2.24, 2.45) is 5.73 Å². The van der Waals surface area contributed by atoms with Crippen molar-refractivity contribution >= 4 is 22.9 Å². The number of aromatic nitrogens is 1. The molecule has 5 nitrogen and oxygen atoms in total. The summed E-state index contributed by atoms with van der Waals surface area (Å²) in [6, 6.07) is 7.05. The van der Waals surface area contributed by atoms with E-state index < -0.39 is 17.6 Å². The number of fused-ring (bicyclic) bond motifs is 1. The van der Waals surface area contributed by atoms with Crippen LogP contribution >= 0.6 is 0 Å². The normalized spacial score (nSPS) is 10.8. The molecule has 0 radical (unpaired) electrons. The van der Waals surface area contributed by atoms with Gasteiger partial charge in [-0.2, -0.15) is 0 Å². The molecule has 108 valence electrons. The third-order valence-electron chi connectivity index (χ3n) is 2.61. The molecule has 1 aromatic carbocycles. The van der Waals surface area contributed by atoms with Crippen molar-refractivity contribution in [2.45, 2.75) is 26.4 Å². The average molecular weight is 284 g/mol. The van der Waals surface area contributed by atoms with Crippen LogP contribution in [0, 0.1) is 11.8 Å². The minimum atomic E-state index is -0.679. The molecule has 0 saturated carbocycles. The Kier molecular flexibility index (Phi) is 3.72. The number of nitrogens with two attached hydrogens (primary N) is 1. The van der Waals surface area contributed by atoms with E-state index in [0.29, 0.717) is 11.1 Å².